The van der Waals surface area contributed by atoms with Gasteiger partial charge in [-0.3, -0.25) is 9.59 Å². The van der Waals surface area contributed by atoms with Crippen LogP contribution >= 0.6 is 0 Å². The van der Waals surface area contributed by atoms with Gasteiger partial charge in [-0.2, -0.15) is 0 Å². The Labute approximate surface area is 283 Å². The van der Waals surface area contributed by atoms with E-state index in [0.29, 0.717) is 69.0 Å². The smallest absolute Gasteiger partial charge is 0.273 e. The number of pyridine rings is 1. The molecule has 8 rings (SSSR count). The molecule has 2 saturated heterocycles. The van der Waals surface area contributed by atoms with Crippen molar-refractivity contribution in [2.45, 2.75) is 75.9 Å². The van der Waals surface area contributed by atoms with Crippen molar-refractivity contribution < 1.29 is 19.4 Å². The van der Waals surface area contributed by atoms with E-state index >= 15 is 0 Å². The highest BCUT2D eigenvalue weighted by atomic mass is 16.5. The van der Waals surface area contributed by atoms with Crippen LogP contribution in [0, 0.1) is 29.6 Å². The van der Waals surface area contributed by atoms with Gasteiger partial charge in [0, 0.05) is 43.5 Å². The molecule has 3 heterocycles. The number of benzene rings is 2. The summed E-state index contributed by atoms with van der Waals surface area (Å²) in [5.41, 5.74) is 3.87. The van der Waals surface area contributed by atoms with E-state index in [4.69, 9.17) is 11.2 Å². The zero-order chi connectivity index (χ0) is 33.2. The molecule has 4 fully saturated rings. The van der Waals surface area contributed by atoms with E-state index in [9.17, 15) is 14.7 Å². The van der Waals surface area contributed by atoms with Crippen LogP contribution in [-0.4, -0.2) is 83.2 Å². The summed E-state index contributed by atoms with van der Waals surface area (Å²) in [6.07, 6.45) is 13.2. The normalized spacial score (nSPS) is 31.2. The zero-order valence-corrected chi connectivity index (χ0v) is 28.2. The summed E-state index contributed by atoms with van der Waals surface area (Å²) >= 11 is 0. The van der Waals surface area contributed by atoms with Crippen molar-refractivity contribution in [3.05, 3.63) is 65.4 Å². The van der Waals surface area contributed by atoms with Crippen molar-refractivity contribution in [3.8, 4) is 18.1 Å². The van der Waals surface area contributed by atoms with Crippen LogP contribution in [0.2, 0.25) is 0 Å². The van der Waals surface area contributed by atoms with Crippen LogP contribution < -0.4 is 9.64 Å². The largest absolute Gasteiger partial charge is 0.495 e. The van der Waals surface area contributed by atoms with Crippen LogP contribution in [0.3, 0.4) is 0 Å². The lowest BCUT2D eigenvalue weighted by Crippen LogP contribution is -2.54. The summed E-state index contributed by atoms with van der Waals surface area (Å²) in [5, 5.41) is 12.4. The number of carbonyl (C=O) groups excluding carboxylic acids is 2. The molecule has 1 N–H and O–H groups in total. The molecule has 0 spiro atoms. The third-order valence-electron chi connectivity index (χ3n) is 13.0. The maximum atomic E-state index is 13.9. The van der Waals surface area contributed by atoms with Crippen LogP contribution in [0.4, 0.5) is 5.69 Å². The Kier molecular flexibility index (Phi) is 7.67. The highest BCUT2D eigenvalue weighted by Crippen LogP contribution is 2.64. The molecule has 0 radical (unpaired) electrons. The van der Waals surface area contributed by atoms with Crippen LogP contribution in [0.1, 0.15) is 79.4 Å². The number of carbonyl (C=O) groups is 2. The molecule has 2 amide bonds. The van der Waals surface area contributed by atoms with Crippen molar-refractivity contribution in [2.75, 3.05) is 44.7 Å². The highest BCUT2D eigenvalue weighted by Gasteiger charge is 2.61. The number of aliphatic hydroxyl groups is 1. The second-order valence-electron chi connectivity index (χ2n) is 15.0. The third-order valence-corrected chi connectivity index (χ3v) is 13.0. The molecular formula is C40H46N4O4. The van der Waals surface area contributed by atoms with Crippen LogP contribution in [0.5, 0.6) is 5.75 Å². The van der Waals surface area contributed by atoms with Gasteiger partial charge in [-0.25, -0.2) is 4.98 Å². The molecule has 2 aromatic carbocycles. The van der Waals surface area contributed by atoms with E-state index in [-0.39, 0.29) is 17.2 Å². The molecule has 6 atom stereocenters. The SMILES string of the molecule is C#C[C@@]1(O)CC[C@H]2[C@@H]3CCc4cc(OC)c(N5CCN(C(=O)[C@@H]6CCCN6C(=O)c6ccc7ccccc7n6)CC5)cc4[C@H]3CC[C@@]21C. The first-order valence-corrected chi connectivity index (χ1v) is 17.9. The minimum absolute atomic E-state index is 0.0373. The number of anilines is 1. The summed E-state index contributed by atoms with van der Waals surface area (Å²) in [4.78, 5) is 38.1. The van der Waals surface area contributed by atoms with E-state index in [1.807, 2.05) is 35.2 Å². The van der Waals surface area contributed by atoms with Crippen molar-refractivity contribution in [1.29, 1.82) is 0 Å². The number of hydrogen-bond acceptors (Lipinski definition) is 6. The lowest BCUT2D eigenvalue weighted by Gasteiger charge is -2.52. The topological polar surface area (TPSA) is 86.2 Å². The molecule has 5 aliphatic rings. The number of ether oxygens (including phenoxy) is 1. The standard InChI is InChI=1S/C40H46N4O4/c1-4-40(47)18-16-31-29-13-11-27-24-36(48-3)35(25-30(27)28(29)15-17-39(31,40)2)42-20-22-43(23-21-42)38(46)34-10-7-19-44(34)37(45)33-14-12-26-8-5-6-9-32(26)41-33/h1,5-6,8-9,12,14,24-25,28-29,31,34,47H,7,10-11,13,15-23H2,2-3H3/t28-,29+,31-,34-,39-,40+/m0/s1. The maximum absolute atomic E-state index is 13.9. The number of terminal acetylenes is 1. The lowest BCUT2D eigenvalue weighted by molar-refractivity contribution is -0.135. The number of likely N-dealkylation sites (tertiary alicyclic amines) is 1. The Morgan fingerprint density at radius 1 is 1.00 bits per heavy atom. The minimum atomic E-state index is -0.999. The molecule has 1 aromatic heterocycles. The van der Waals surface area contributed by atoms with Crippen molar-refractivity contribution in [2.24, 2.45) is 17.3 Å². The van der Waals surface area contributed by atoms with Gasteiger partial charge in [0.1, 0.15) is 23.1 Å². The third kappa shape index (κ3) is 4.80. The van der Waals surface area contributed by atoms with Gasteiger partial charge in [0.25, 0.3) is 5.91 Å². The monoisotopic (exact) mass is 646 g/mol. The first-order valence-electron chi connectivity index (χ1n) is 17.9. The van der Waals surface area contributed by atoms with Gasteiger partial charge in [0.15, 0.2) is 0 Å². The summed E-state index contributed by atoms with van der Waals surface area (Å²) < 4.78 is 5.97. The Morgan fingerprint density at radius 3 is 2.60 bits per heavy atom. The van der Waals surface area contributed by atoms with Crippen molar-refractivity contribution in [3.63, 3.8) is 0 Å². The number of piperazine rings is 1. The first kappa shape index (κ1) is 31.2. The quantitative estimate of drug-likeness (QED) is 0.382. The van der Waals surface area contributed by atoms with Gasteiger partial charge in [-0.05, 0) is 105 Å². The second kappa shape index (κ2) is 11.8. The molecule has 0 unspecified atom stereocenters. The van der Waals surface area contributed by atoms with Crippen LogP contribution in [-0.2, 0) is 11.2 Å². The fourth-order valence-corrected chi connectivity index (χ4v) is 10.2. The minimum Gasteiger partial charge on any atom is -0.495 e. The molecular weight excluding hydrogens is 600 g/mol. The Morgan fingerprint density at radius 2 is 1.81 bits per heavy atom. The fourth-order valence-electron chi connectivity index (χ4n) is 10.2. The van der Waals surface area contributed by atoms with E-state index in [1.165, 1.54) is 11.1 Å². The number of fused-ring (bicyclic) bond motifs is 6. The Balaban J connectivity index is 0.970. The van der Waals surface area contributed by atoms with E-state index in [2.05, 4.69) is 34.9 Å². The van der Waals surface area contributed by atoms with E-state index < -0.39 is 11.6 Å². The van der Waals surface area contributed by atoms with E-state index in [0.717, 1.165) is 60.9 Å². The predicted molar refractivity (Wildman–Crippen MR) is 186 cm³/mol. The maximum Gasteiger partial charge on any atom is 0.273 e. The van der Waals surface area contributed by atoms with Gasteiger partial charge in [0.05, 0.1) is 18.3 Å². The number of nitrogens with zero attached hydrogens (tertiary/aromatic N) is 4. The molecule has 2 saturated carbocycles. The average Bonchev–Trinajstić information content (AvgIpc) is 3.73. The number of amides is 2. The van der Waals surface area contributed by atoms with Gasteiger partial charge in [-0.1, -0.05) is 37.1 Å². The Bertz CT molecular complexity index is 1810. The number of hydrogen-bond donors (Lipinski definition) is 1. The number of para-hydroxylation sites is 1. The van der Waals surface area contributed by atoms with Crippen molar-refractivity contribution >= 4 is 28.4 Å². The van der Waals surface area contributed by atoms with Gasteiger partial charge < -0.3 is 24.5 Å². The molecule has 48 heavy (non-hydrogen) atoms. The first-order chi connectivity index (χ1) is 23.2. The molecule has 0 bridgehead atoms. The van der Waals surface area contributed by atoms with Gasteiger partial charge in [-0.15, -0.1) is 6.42 Å². The summed E-state index contributed by atoms with van der Waals surface area (Å²) in [6.45, 7) is 5.42. The highest BCUT2D eigenvalue weighted by molar-refractivity contribution is 5.98. The second-order valence-corrected chi connectivity index (χ2v) is 15.0. The van der Waals surface area contributed by atoms with Crippen molar-refractivity contribution in [1.82, 2.24) is 14.8 Å². The summed E-state index contributed by atoms with van der Waals surface area (Å²) in [7, 11) is 1.75. The summed E-state index contributed by atoms with van der Waals surface area (Å²) in [6, 6.07) is 15.6. The Hall–Kier alpha value is -4.09. The number of methoxy groups -OCH3 is 1. The molecule has 8 heteroatoms. The van der Waals surface area contributed by atoms with Gasteiger partial charge in [0.2, 0.25) is 5.91 Å². The average molecular weight is 647 g/mol. The zero-order valence-electron chi connectivity index (χ0n) is 28.2. The predicted octanol–water partition coefficient (Wildman–Crippen LogP) is 5.42. The fraction of sp³-hybridized carbons (Fsp3) is 0.525. The van der Waals surface area contributed by atoms with Crippen LogP contribution in [0.25, 0.3) is 10.9 Å². The van der Waals surface area contributed by atoms with Gasteiger partial charge >= 0.3 is 0 Å². The molecule has 3 aliphatic carbocycles. The molecule has 3 aromatic rings. The molecule has 8 nitrogen and oxygen atoms in total. The number of aromatic nitrogens is 1. The number of rotatable bonds is 4. The number of aryl methyl sites for hydroxylation is 1. The van der Waals surface area contributed by atoms with E-state index in [1.54, 1.807) is 18.1 Å². The lowest BCUT2D eigenvalue weighted by atomic mass is 9.53. The van der Waals surface area contributed by atoms with Crippen LogP contribution in [0.15, 0.2) is 48.5 Å². The summed E-state index contributed by atoms with van der Waals surface area (Å²) in [5.74, 6) is 4.98. The molecule has 2 aliphatic heterocycles. The molecule has 250 valence electrons.